The highest BCUT2D eigenvalue weighted by Crippen LogP contribution is 2.19. The summed E-state index contributed by atoms with van der Waals surface area (Å²) < 4.78 is 7.55. The van der Waals surface area contributed by atoms with Crippen molar-refractivity contribution in [2.75, 3.05) is 13.2 Å². The molecule has 1 aromatic carbocycles. The molecule has 0 fully saturated rings. The molecule has 2 aromatic rings. The number of nitrogens with two attached hydrogens (primary N) is 1. The monoisotopic (exact) mass is 233 g/mol. The number of nitrogens with zero attached hydrogens (tertiary/aromatic N) is 2. The van der Waals surface area contributed by atoms with Gasteiger partial charge in [0.15, 0.2) is 0 Å². The normalized spacial score (nSPS) is 13.1. The van der Waals surface area contributed by atoms with Gasteiger partial charge in [-0.2, -0.15) is 0 Å². The second-order valence-corrected chi connectivity index (χ2v) is 4.10. The van der Waals surface area contributed by atoms with Crippen LogP contribution in [-0.4, -0.2) is 22.8 Å². The highest BCUT2D eigenvalue weighted by atomic mass is 16.5. The van der Waals surface area contributed by atoms with Crippen LogP contribution in [0.15, 0.2) is 24.3 Å². The van der Waals surface area contributed by atoms with Gasteiger partial charge >= 0.3 is 0 Å². The van der Waals surface area contributed by atoms with Crippen LogP contribution in [0.25, 0.3) is 11.0 Å². The molecule has 17 heavy (non-hydrogen) atoms. The molecule has 0 saturated carbocycles. The molecule has 1 heterocycles. The molecule has 2 rings (SSSR count). The molecule has 0 aliphatic heterocycles. The fraction of sp³-hybridized carbons (Fsp3) is 0.462. The first-order valence-electron chi connectivity index (χ1n) is 6.02. The van der Waals surface area contributed by atoms with Crippen molar-refractivity contribution in [2.24, 2.45) is 5.73 Å². The van der Waals surface area contributed by atoms with E-state index in [-0.39, 0.29) is 6.04 Å². The summed E-state index contributed by atoms with van der Waals surface area (Å²) in [6.07, 6.45) is 0. The largest absolute Gasteiger partial charge is 0.380 e. The minimum absolute atomic E-state index is 0.0657. The lowest BCUT2D eigenvalue weighted by molar-refractivity contribution is 0.139. The predicted octanol–water partition coefficient (Wildman–Crippen LogP) is 2.09. The molecular formula is C13H19N3O. The summed E-state index contributed by atoms with van der Waals surface area (Å²) in [5.41, 5.74) is 8.08. The van der Waals surface area contributed by atoms with Crippen molar-refractivity contribution in [3.8, 4) is 0 Å². The van der Waals surface area contributed by atoms with E-state index in [0.29, 0.717) is 6.61 Å². The lowest BCUT2D eigenvalue weighted by Gasteiger charge is -2.11. The second kappa shape index (κ2) is 5.29. The van der Waals surface area contributed by atoms with Gasteiger partial charge in [0, 0.05) is 13.2 Å². The first kappa shape index (κ1) is 12.1. The van der Waals surface area contributed by atoms with Crippen LogP contribution in [0.1, 0.15) is 25.7 Å². The summed E-state index contributed by atoms with van der Waals surface area (Å²) in [4.78, 5) is 4.57. The van der Waals surface area contributed by atoms with E-state index in [1.54, 1.807) is 0 Å². The Bertz CT molecular complexity index is 490. The maximum atomic E-state index is 5.96. The lowest BCUT2D eigenvalue weighted by atomic mass is 10.3. The van der Waals surface area contributed by atoms with Crippen molar-refractivity contribution < 1.29 is 4.74 Å². The third kappa shape index (κ3) is 2.48. The number of ether oxygens (including phenoxy) is 1. The summed E-state index contributed by atoms with van der Waals surface area (Å²) in [6, 6.07) is 8.03. The predicted molar refractivity (Wildman–Crippen MR) is 68.8 cm³/mol. The Hall–Kier alpha value is -1.39. The standard InChI is InChI=1S/C13H19N3O/c1-3-17-9-8-16-12-7-5-4-6-11(12)15-13(16)10(2)14/h4-7,10H,3,8-9,14H2,1-2H3. The number of fused-ring (bicyclic) bond motifs is 1. The quantitative estimate of drug-likeness (QED) is 0.804. The van der Waals surface area contributed by atoms with E-state index in [2.05, 4.69) is 15.6 Å². The molecule has 1 aromatic heterocycles. The number of imidazole rings is 1. The van der Waals surface area contributed by atoms with E-state index in [0.717, 1.165) is 30.0 Å². The SMILES string of the molecule is CCOCCn1c(C(C)N)nc2ccccc21. The molecule has 0 saturated heterocycles. The van der Waals surface area contributed by atoms with Crippen LogP contribution in [-0.2, 0) is 11.3 Å². The number of benzene rings is 1. The highest BCUT2D eigenvalue weighted by molar-refractivity contribution is 5.76. The van der Waals surface area contributed by atoms with Crippen molar-refractivity contribution in [1.82, 2.24) is 9.55 Å². The first-order valence-corrected chi connectivity index (χ1v) is 6.02. The zero-order valence-electron chi connectivity index (χ0n) is 10.4. The third-order valence-electron chi connectivity index (χ3n) is 2.75. The lowest BCUT2D eigenvalue weighted by Crippen LogP contribution is -2.15. The molecule has 1 unspecified atom stereocenters. The maximum absolute atomic E-state index is 5.96. The molecule has 2 N–H and O–H groups in total. The molecule has 4 nitrogen and oxygen atoms in total. The zero-order chi connectivity index (χ0) is 12.3. The molecule has 0 radical (unpaired) electrons. The molecule has 0 spiro atoms. The van der Waals surface area contributed by atoms with Gasteiger partial charge in [-0.1, -0.05) is 12.1 Å². The number of rotatable bonds is 5. The molecule has 0 amide bonds. The summed E-state index contributed by atoms with van der Waals surface area (Å²) in [6.45, 7) is 6.18. The minimum atomic E-state index is -0.0657. The van der Waals surface area contributed by atoms with Gasteiger partial charge in [-0.25, -0.2) is 4.98 Å². The molecule has 1 atom stereocenters. The van der Waals surface area contributed by atoms with E-state index in [9.17, 15) is 0 Å². The van der Waals surface area contributed by atoms with Gasteiger partial charge in [-0.05, 0) is 26.0 Å². The fourth-order valence-corrected chi connectivity index (χ4v) is 1.98. The zero-order valence-corrected chi connectivity index (χ0v) is 10.4. The van der Waals surface area contributed by atoms with Gasteiger partial charge in [0.1, 0.15) is 5.82 Å². The Balaban J connectivity index is 2.37. The van der Waals surface area contributed by atoms with Crippen molar-refractivity contribution in [2.45, 2.75) is 26.4 Å². The molecule has 4 heteroatoms. The molecule has 0 bridgehead atoms. The van der Waals surface area contributed by atoms with E-state index in [1.807, 2.05) is 32.0 Å². The van der Waals surface area contributed by atoms with Gasteiger partial charge < -0.3 is 15.0 Å². The number of hydrogen-bond acceptors (Lipinski definition) is 3. The first-order chi connectivity index (χ1) is 8.24. The van der Waals surface area contributed by atoms with Crippen LogP contribution < -0.4 is 5.73 Å². The van der Waals surface area contributed by atoms with Crippen LogP contribution in [0.4, 0.5) is 0 Å². The van der Waals surface area contributed by atoms with E-state index < -0.39 is 0 Å². The average molecular weight is 233 g/mol. The van der Waals surface area contributed by atoms with Crippen LogP contribution in [0.2, 0.25) is 0 Å². The van der Waals surface area contributed by atoms with Crippen LogP contribution in [0.5, 0.6) is 0 Å². The van der Waals surface area contributed by atoms with Crippen LogP contribution >= 0.6 is 0 Å². The van der Waals surface area contributed by atoms with Crippen molar-refractivity contribution in [1.29, 1.82) is 0 Å². The van der Waals surface area contributed by atoms with E-state index in [1.165, 1.54) is 0 Å². The molecule has 0 aliphatic rings. The molecule has 92 valence electrons. The van der Waals surface area contributed by atoms with Gasteiger partial charge in [0.05, 0.1) is 23.7 Å². The van der Waals surface area contributed by atoms with E-state index in [4.69, 9.17) is 10.5 Å². The molecule has 0 aliphatic carbocycles. The topological polar surface area (TPSA) is 53.1 Å². The minimum Gasteiger partial charge on any atom is -0.380 e. The Morgan fingerprint density at radius 2 is 2.18 bits per heavy atom. The number of para-hydroxylation sites is 2. The van der Waals surface area contributed by atoms with E-state index >= 15 is 0 Å². The Kier molecular flexibility index (Phi) is 3.76. The summed E-state index contributed by atoms with van der Waals surface area (Å²) >= 11 is 0. The summed E-state index contributed by atoms with van der Waals surface area (Å²) in [7, 11) is 0. The Morgan fingerprint density at radius 1 is 1.41 bits per heavy atom. The van der Waals surface area contributed by atoms with Crippen LogP contribution in [0, 0.1) is 0 Å². The van der Waals surface area contributed by atoms with Crippen molar-refractivity contribution in [3.05, 3.63) is 30.1 Å². The summed E-state index contributed by atoms with van der Waals surface area (Å²) in [5, 5.41) is 0. The maximum Gasteiger partial charge on any atom is 0.126 e. The highest BCUT2D eigenvalue weighted by Gasteiger charge is 2.12. The fourth-order valence-electron chi connectivity index (χ4n) is 1.98. The second-order valence-electron chi connectivity index (χ2n) is 4.10. The van der Waals surface area contributed by atoms with Gasteiger partial charge in [0.25, 0.3) is 0 Å². The van der Waals surface area contributed by atoms with Gasteiger partial charge in [-0.3, -0.25) is 0 Å². The van der Waals surface area contributed by atoms with Gasteiger partial charge in [0.2, 0.25) is 0 Å². The third-order valence-corrected chi connectivity index (χ3v) is 2.75. The van der Waals surface area contributed by atoms with Crippen LogP contribution in [0.3, 0.4) is 0 Å². The average Bonchev–Trinajstić information content (AvgIpc) is 2.69. The number of aromatic nitrogens is 2. The smallest absolute Gasteiger partial charge is 0.126 e. The van der Waals surface area contributed by atoms with Crippen molar-refractivity contribution >= 4 is 11.0 Å². The number of hydrogen-bond donors (Lipinski definition) is 1. The Labute approximate surface area is 101 Å². The van der Waals surface area contributed by atoms with Gasteiger partial charge in [-0.15, -0.1) is 0 Å². The van der Waals surface area contributed by atoms with Crippen molar-refractivity contribution in [3.63, 3.8) is 0 Å². The Morgan fingerprint density at radius 3 is 2.88 bits per heavy atom. The molecular weight excluding hydrogens is 214 g/mol. The summed E-state index contributed by atoms with van der Waals surface area (Å²) in [5.74, 6) is 0.922.